The number of hydrogen-bond acceptors (Lipinski definition) is 6. The van der Waals surface area contributed by atoms with Crippen molar-refractivity contribution in [3.63, 3.8) is 0 Å². The zero-order valence-corrected chi connectivity index (χ0v) is 12.6. The molecule has 0 atom stereocenters. The van der Waals surface area contributed by atoms with Gasteiger partial charge in [0.15, 0.2) is 10.8 Å². The molecule has 0 unspecified atom stereocenters. The van der Waals surface area contributed by atoms with Gasteiger partial charge in [-0.2, -0.15) is 10.1 Å². The van der Waals surface area contributed by atoms with Crippen LogP contribution < -0.4 is 5.56 Å². The lowest BCUT2D eigenvalue weighted by molar-refractivity contribution is 0.815. The molecular weight excluding hydrogens is 312 g/mol. The highest BCUT2D eigenvalue weighted by atomic mass is 35.5. The predicted molar refractivity (Wildman–Crippen MR) is 79.7 cm³/mol. The minimum absolute atomic E-state index is 0.112. The average molecular weight is 323 g/mol. The molecule has 0 radical (unpaired) electrons. The molecule has 2 N–H and O–H groups in total. The second-order valence-electron chi connectivity index (χ2n) is 4.32. The number of nitrogens with zero attached hydrogens (tertiary/aromatic N) is 4. The summed E-state index contributed by atoms with van der Waals surface area (Å²) in [6.45, 7) is 2.04. The van der Waals surface area contributed by atoms with Crippen LogP contribution in [-0.4, -0.2) is 30.1 Å². The molecule has 3 heterocycles. The van der Waals surface area contributed by atoms with Crippen LogP contribution in [0.5, 0.6) is 0 Å². The van der Waals surface area contributed by atoms with Crippen LogP contribution >= 0.6 is 23.4 Å². The van der Waals surface area contributed by atoms with E-state index < -0.39 is 0 Å². The molecule has 0 fully saturated rings. The molecule has 3 aromatic heterocycles. The van der Waals surface area contributed by atoms with E-state index in [2.05, 4.69) is 30.1 Å². The van der Waals surface area contributed by atoms with Crippen molar-refractivity contribution in [3.05, 3.63) is 33.6 Å². The number of nitrogens with one attached hydrogen (secondary N) is 2. The Balaban J connectivity index is 2.02. The van der Waals surface area contributed by atoms with Crippen molar-refractivity contribution < 1.29 is 0 Å². The SMILES string of the molecule is CCCc1cc(=O)[nH]c(Sc2nc(Cl)nc3[nH]ncc23)n1. The highest BCUT2D eigenvalue weighted by Crippen LogP contribution is 2.29. The van der Waals surface area contributed by atoms with Crippen LogP contribution in [0.1, 0.15) is 19.0 Å². The van der Waals surface area contributed by atoms with Crippen LogP contribution in [0.3, 0.4) is 0 Å². The number of fused-ring (bicyclic) bond motifs is 1. The van der Waals surface area contributed by atoms with E-state index in [-0.39, 0.29) is 10.8 Å². The number of H-pyrrole nitrogens is 2. The maximum absolute atomic E-state index is 11.7. The van der Waals surface area contributed by atoms with E-state index in [0.717, 1.165) is 23.9 Å². The van der Waals surface area contributed by atoms with Gasteiger partial charge in [-0.05, 0) is 29.8 Å². The van der Waals surface area contributed by atoms with E-state index in [1.807, 2.05) is 6.92 Å². The standard InChI is InChI=1S/C12H11ClN6OS/c1-2-3-6-4-8(20)16-12(15-6)21-10-7-5-14-19-9(7)17-11(13)18-10/h4-5H,2-3H2,1H3,(H,15,16,20)(H,14,17,18,19). The van der Waals surface area contributed by atoms with Crippen molar-refractivity contribution in [2.45, 2.75) is 29.9 Å². The lowest BCUT2D eigenvalue weighted by Crippen LogP contribution is -2.10. The Labute approximate surface area is 128 Å². The molecule has 0 saturated heterocycles. The molecule has 3 aromatic rings. The molecule has 0 amide bonds. The van der Waals surface area contributed by atoms with Crippen molar-refractivity contribution >= 4 is 34.4 Å². The Morgan fingerprint density at radius 2 is 2.19 bits per heavy atom. The number of rotatable bonds is 4. The highest BCUT2D eigenvalue weighted by molar-refractivity contribution is 7.99. The van der Waals surface area contributed by atoms with E-state index in [1.54, 1.807) is 6.20 Å². The summed E-state index contributed by atoms with van der Waals surface area (Å²) in [4.78, 5) is 27.0. The van der Waals surface area contributed by atoms with Crippen LogP contribution in [0.4, 0.5) is 0 Å². The van der Waals surface area contributed by atoms with Gasteiger partial charge in [-0.25, -0.2) is 9.97 Å². The maximum atomic E-state index is 11.7. The smallest absolute Gasteiger partial charge is 0.251 e. The molecule has 0 aromatic carbocycles. The third-order valence-corrected chi connectivity index (χ3v) is 3.78. The van der Waals surface area contributed by atoms with Crippen molar-refractivity contribution in [2.75, 3.05) is 0 Å². The molecule has 0 spiro atoms. The van der Waals surface area contributed by atoms with Crippen LogP contribution in [0.2, 0.25) is 5.28 Å². The van der Waals surface area contributed by atoms with Gasteiger partial charge in [0.05, 0.1) is 11.6 Å². The maximum Gasteiger partial charge on any atom is 0.251 e. The minimum atomic E-state index is -0.181. The van der Waals surface area contributed by atoms with Gasteiger partial charge in [-0.3, -0.25) is 9.89 Å². The van der Waals surface area contributed by atoms with Crippen molar-refractivity contribution in [1.29, 1.82) is 0 Å². The molecular formula is C12H11ClN6OS. The van der Waals surface area contributed by atoms with Gasteiger partial charge in [0.1, 0.15) is 5.03 Å². The fourth-order valence-electron chi connectivity index (χ4n) is 1.87. The Kier molecular flexibility index (Phi) is 3.89. The third kappa shape index (κ3) is 3.06. The Bertz CT molecular complexity index is 845. The average Bonchev–Trinajstić information content (AvgIpc) is 2.86. The van der Waals surface area contributed by atoms with E-state index >= 15 is 0 Å². The van der Waals surface area contributed by atoms with Crippen molar-refractivity contribution in [2.24, 2.45) is 0 Å². The fraction of sp³-hybridized carbons (Fsp3) is 0.250. The summed E-state index contributed by atoms with van der Waals surface area (Å²) in [6.07, 6.45) is 3.29. The molecule has 9 heteroatoms. The second-order valence-corrected chi connectivity index (χ2v) is 5.64. The number of aromatic amines is 2. The number of hydrogen-bond donors (Lipinski definition) is 2. The number of aryl methyl sites for hydroxylation is 1. The van der Waals surface area contributed by atoms with Crippen LogP contribution in [0.15, 0.2) is 27.2 Å². The first-order valence-corrected chi connectivity index (χ1v) is 7.50. The van der Waals surface area contributed by atoms with Gasteiger partial charge in [0, 0.05) is 11.8 Å². The third-order valence-electron chi connectivity index (χ3n) is 2.72. The van der Waals surface area contributed by atoms with Crippen molar-refractivity contribution in [3.8, 4) is 0 Å². The molecule has 0 bridgehead atoms. The fourth-order valence-corrected chi connectivity index (χ4v) is 2.98. The normalized spacial score (nSPS) is 11.1. The molecule has 7 nitrogen and oxygen atoms in total. The van der Waals surface area contributed by atoms with Crippen LogP contribution in [-0.2, 0) is 6.42 Å². The Morgan fingerprint density at radius 3 is 3.00 bits per heavy atom. The summed E-state index contributed by atoms with van der Waals surface area (Å²) >= 11 is 7.11. The molecule has 108 valence electrons. The van der Waals surface area contributed by atoms with Gasteiger partial charge in [0.25, 0.3) is 5.56 Å². The summed E-state index contributed by atoms with van der Waals surface area (Å²) < 4.78 is 0. The molecule has 0 aliphatic rings. The lowest BCUT2D eigenvalue weighted by atomic mass is 10.2. The summed E-state index contributed by atoms with van der Waals surface area (Å²) in [6, 6.07) is 1.51. The predicted octanol–water partition coefficient (Wildman–Crippen LogP) is 2.19. The zero-order valence-electron chi connectivity index (χ0n) is 11.1. The number of aromatic nitrogens is 6. The summed E-state index contributed by atoms with van der Waals surface area (Å²) in [7, 11) is 0. The topological polar surface area (TPSA) is 100 Å². The first kappa shape index (κ1) is 14.0. The van der Waals surface area contributed by atoms with E-state index in [9.17, 15) is 4.79 Å². The van der Waals surface area contributed by atoms with Crippen LogP contribution in [0, 0.1) is 0 Å². The molecule has 0 aliphatic carbocycles. The largest absolute Gasteiger partial charge is 0.301 e. The summed E-state index contributed by atoms with van der Waals surface area (Å²) in [5, 5.41) is 8.57. The van der Waals surface area contributed by atoms with Gasteiger partial charge in [-0.15, -0.1) is 0 Å². The summed E-state index contributed by atoms with van der Waals surface area (Å²) in [5.41, 5.74) is 1.12. The van der Waals surface area contributed by atoms with Crippen LogP contribution in [0.25, 0.3) is 11.0 Å². The molecule has 0 saturated carbocycles. The first-order valence-electron chi connectivity index (χ1n) is 6.30. The molecule has 0 aliphatic heterocycles. The van der Waals surface area contributed by atoms with Gasteiger partial charge < -0.3 is 4.98 Å². The lowest BCUT2D eigenvalue weighted by Gasteiger charge is -2.04. The number of halogens is 1. The second kappa shape index (κ2) is 5.82. The quantitative estimate of drug-likeness (QED) is 0.564. The highest BCUT2D eigenvalue weighted by Gasteiger charge is 2.12. The van der Waals surface area contributed by atoms with Gasteiger partial charge >= 0.3 is 0 Å². The zero-order chi connectivity index (χ0) is 14.8. The minimum Gasteiger partial charge on any atom is -0.301 e. The van der Waals surface area contributed by atoms with E-state index in [4.69, 9.17) is 11.6 Å². The first-order chi connectivity index (χ1) is 10.2. The van der Waals surface area contributed by atoms with Gasteiger partial charge in [0.2, 0.25) is 5.28 Å². The molecule has 21 heavy (non-hydrogen) atoms. The van der Waals surface area contributed by atoms with Gasteiger partial charge in [-0.1, -0.05) is 13.3 Å². The summed E-state index contributed by atoms with van der Waals surface area (Å²) in [5.74, 6) is 0. The van der Waals surface area contributed by atoms with Crippen molar-refractivity contribution in [1.82, 2.24) is 30.1 Å². The Morgan fingerprint density at radius 1 is 1.33 bits per heavy atom. The van der Waals surface area contributed by atoms with E-state index in [0.29, 0.717) is 15.8 Å². The Hall–Kier alpha value is -1.93. The van der Waals surface area contributed by atoms with E-state index in [1.165, 1.54) is 17.8 Å². The monoisotopic (exact) mass is 322 g/mol. The molecule has 3 rings (SSSR count).